The number of aromatic nitrogens is 3. The molecule has 2 aromatic heterocycles. The van der Waals surface area contributed by atoms with Gasteiger partial charge < -0.3 is 5.32 Å². The normalized spacial score (nSPS) is 12.1. The maximum absolute atomic E-state index is 12.2. The minimum atomic E-state index is -0.0120. The van der Waals surface area contributed by atoms with Gasteiger partial charge in [-0.3, -0.25) is 9.36 Å². The van der Waals surface area contributed by atoms with E-state index in [1.807, 2.05) is 48.1 Å². The van der Waals surface area contributed by atoms with Gasteiger partial charge in [0.2, 0.25) is 5.91 Å². The Balaban J connectivity index is 1.65. The van der Waals surface area contributed by atoms with E-state index >= 15 is 0 Å². The van der Waals surface area contributed by atoms with Crippen molar-refractivity contribution >= 4 is 29.0 Å². The topological polar surface area (TPSA) is 59.8 Å². The third-order valence-electron chi connectivity index (χ3n) is 3.77. The van der Waals surface area contributed by atoms with Gasteiger partial charge in [-0.15, -0.1) is 21.5 Å². The maximum atomic E-state index is 12.2. The lowest BCUT2D eigenvalue weighted by molar-refractivity contribution is -0.119. The van der Waals surface area contributed by atoms with Gasteiger partial charge in [-0.2, -0.15) is 0 Å². The second-order valence-electron chi connectivity index (χ2n) is 5.79. The van der Waals surface area contributed by atoms with E-state index in [4.69, 9.17) is 0 Å². The quantitative estimate of drug-likeness (QED) is 0.667. The summed E-state index contributed by atoms with van der Waals surface area (Å²) < 4.78 is 1.97. The van der Waals surface area contributed by atoms with Crippen molar-refractivity contribution in [2.45, 2.75) is 32.0 Å². The maximum Gasteiger partial charge on any atom is 0.230 e. The molecule has 0 aliphatic heterocycles. The van der Waals surface area contributed by atoms with Crippen LogP contribution in [0, 0.1) is 13.8 Å². The van der Waals surface area contributed by atoms with Gasteiger partial charge in [-0.05, 0) is 44.4 Å². The molecule has 7 heteroatoms. The average molecular weight is 373 g/mol. The fourth-order valence-electron chi connectivity index (χ4n) is 2.45. The van der Waals surface area contributed by atoms with Crippen LogP contribution in [0.5, 0.6) is 0 Å². The molecule has 0 saturated heterocycles. The minimum Gasteiger partial charge on any atom is -0.348 e. The standard InChI is InChI=1S/C18H20N4OS2/c1-12-6-8-15(9-7-12)22-14(3)20-21-18(22)25-11-17(23)19-13(2)16-5-4-10-24-16/h4-10,13H,11H2,1-3H3,(H,19,23). The largest absolute Gasteiger partial charge is 0.348 e. The number of nitrogens with one attached hydrogen (secondary N) is 1. The van der Waals surface area contributed by atoms with E-state index in [1.165, 1.54) is 17.3 Å². The predicted molar refractivity (Wildman–Crippen MR) is 102 cm³/mol. The summed E-state index contributed by atoms with van der Waals surface area (Å²) in [5.41, 5.74) is 2.20. The lowest BCUT2D eigenvalue weighted by Crippen LogP contribution is -2.27. The SMILES string of the molecule is Cc1ccc(-n2c(C)nnc2SCC(=O)NC(C)c2cccs2)cc1. The number of rotatable bonds is 6. The first-order valence-electron chi connectivity index (χ1n) is 7.99. The zero-order chi connectivity index (χ0) is 17.8. The highest BCUT2D eigenvalue weighted by Gasteiger charge is 2.15. The van der Waals surface area contributed by atoms with Gasteiger partial charge in [0, 0.05) is 10.6 Å². The van der Waals surface area contributed by atoms with Crippen LogP contribution in [0.3, 0.4) is 0 Å². The van der Waals surface area contributed by atoms with E-state index in [9.17, 15) is 4.79 Å². The third kappa shape index (κ3) is 4.29. The molecule has 2 heterocycles. The second-order valence-corrected chi connectivity index (χ2v) is 7.72. The number of amides is 1. The molecule has 5 nitrogen and oxygen atoms in total. The number of hydrogen-bond acceptors (Lipinski definition) is 5. The zero-order valence-corrected chi connectivity index (χ0v) is 16.0. The fourth-order valence-corrected chi connectivity index (χ4v) is 3.99. The molecular formula is C18H20N4OS2. The van der Waals surface area contributed by atoms with E-state index in [-0.39, 0.29) is 11.9 Å². The van der Waals surface area contributed by atoms with Crippen LogP contribution in [0.1, 0.15) is 29.2 Å². The van der Waals surface area contributed by atoms with Gasteiger partial charge in [0.05, 0.1) is 11.8 Å². The van der Waals surface area contributed by atoms with Crippen molar-refractivity contribution < 1.29 is 4.79 Å². The first-order chi connectivity index (χ1) is 12.0. The molecule has 1 N–H and O–H groups in total. The van der Waals surface area contributed by atoms with Gasteiger partial charge in [-0.1, -0.05) is 35.5 Å². The molecule has 1 aromatic carbocycles. The van der Waals surface area contributed by atoms with Crippen LogP contribution in [0.4, 0.5) is 0 Å². The summed E-state index contributed by atoms with van der Waals surface area (Å²) in [6.07, 6.45) is 0. The van der Waals surface area contributed by atoms with Crippen LogP contribution in [-0.2, 0) is 4.79 Å². The fraction of sp³-hybridized carbons (Fsp3) is 0.278. The Morgan fingerprint density at radius 1 is 1.24 bits per heavy atom. The molecule has 1 atom stereocenters. The number of aryl methyl sites for hydroxylation is 2. The minimum absolute atomic E-state index is 0.0120. The summed E-state index contributed by atoms with van der Waals surface area (Å²) in [5.74, 6) is 1.10. The summed E-state index contributed by atoms with van der Waals surface area (Å²) in [6.45, 7) is 5.96. The highest BCUT2D eigenvalue weighted by atomic mass is 32.2. The zero-order valence-electron chi connectivity index (χ0n) is 14.4. The molecule has 3 rings (SSSR count). The van der Waals surface area contributed by atoms with E-state index in [1.54, 1.807) is 11.3 Å². The Morgan fingerprint density at radius 2 is 2.00 bits per heavy atom. The number of thiophene rings is 1. The number of hydrogen-bond donors (Lipinski definition) is 1. The third-order valence-corrected chi connectivity index (χ3v) is 5.75. The van der Waals surface area contributed by atoms with Gasteiger partial charge in [-0.25, -0.2) is 0 Å². The number of thioether (sulfide) groups is 1. The van der Waals surface area contributed by atoms with Crippen LogP contribution in [-0.4, -0.2) is 26.4 Å². The summed E-state index contributed by atoms with van der Waals surface area (Å²) in [4.78, 5) is 13.4. The summed E-state index contributed by atoms with van der Waals surface area (Å²) >= 11 is 3.04. The van der Waals surface area contributed by atoms with Gasteiger partial charge in [0.1, 0.15) is 5.82 Å². The smallest absolute Gasteiger partial charge is 0.230 e. The van der Waals surface area contributed by atoms with Gasteiger partial charge in [0.15, 0.2) is 5.16 Å². The summed E-state index contributed by atoms with van der Waals surface area (Å²) in [5, 5.41) is 14.1. The molecule has 0 aliphatic carbocycles. The molecule has 0 aliphatic rings. The van der Waals surface area contributed by atoms with Crippen LogP contribution in [0.15, 0.2) is 46.9 Å². The van der Waals surface area contributed by atoms with Crippen LogP contribution in [0.25, 0.3) is 5.69 Å². The summed E-state index contributed by atoms with van der Waals surface area (Å²) in [7, 11) is 0. The molecule has 0 bridgehead atoms. The van der Waals surface area contributed by atoms with Crippen molar-refractivity contribution in [2.24, 2.45) is 0 Å². The van der Waals surface area contributed by atoms with E-state index in [2.05, 4.69) is 34.6 Å². The van der Waals surface area contributed by atoms with Gasteiger partial charge >= 0.3 is 0 Å². The number of benzene rings is 1. The molecular weight excluding hydrogens is 352 g/mol. The number of carbonyl (C=O) groups excluding carboxylic acids is 1. The Bertz CT molecular complexity index is 841. The first kappa shape index (κ1) is 17.7. The molecule has 1 amide bonds. The number of carbonyl (C=O) groups is 1. The Labute approximate surface area is 155 Å². The highest BCUT2D eigenvalue weighted by molar-refractivity contribution is 7.99. The first-order valence-corrected chi connectivity index (χ1v) is 9.85. The Kier molecular flexibility index (Phi) is 5.55. The molecule has 0 radical (unpaired) electrons. The number of nitrogens with zero attached hydrogens (tertiary/aromatic N) is 3. The van der Waals surface area contributed by atoms with Gasteiger partial charge in [0.25, 0.3) is 0 Å². The molecule has 25 heavy (non-hydrogen) atoms. The molecule has 130 valence electrons. The average Bonchev–Trinajstić information content (AvgIpc) is 3.24. The summed E-state index contributed by atoms with van der Waals surface area (Å²) in [6, 6.07) is 12.2. The Hall–Kier alpha value is -2.12. The second kappa shape index (κ2) is 7.84. The van der Waals surface area contributed by atoms with Crippen molar-refractivity contribution in [3.05, 3.63) is 58.0 Å². The highest BCUT2D eigenvalue weighted by Crippen LogP contribution is 2.23. The van der Waals surface area contributed by atoms with Crippen molar-refractivity contribution in [3.63, 3.8) is 0 Å². The monoisotopic (exact) mass is 372 g/mol. The van der Waals surface area contributed by atoms with Crippen molar-refractivity contribution in [3.8, 4) is 5.69 Å². The lowest BCUT2D eigenvalue weighted by Gasteiger charge is -2.12. The van der Waals surface area contributed by atoms with Crippen LogP contribution in [0.2, 0.25) is 0 Å². The predicted octanol–water partition coefficient (Wildman–Crippen LogP) is 3.92. The van der Waals surface area contributed by atoms with E-state index in [0.717, 1.165) is 21.5 Å². The van der Waals surface area contributed by atoms with Crippen molar-refractivity contribution in [2.75, 3.05) is 5.75 Å². The Morgan fingerprint density at radius 3 is 2.68 bits per heavy atom. The van der Waals surface area contributed by atoms with Crippen molar-refractivity contribution in [1.82, 2.24) is 20.1 Å². The molecule has 3 aromatic rings. The van der Waals surface area contributed by atoms with Crippen molar-refractivity contribution in [1.29, 1.82) is 0 Å². The van der Waals surface area contributed by atoms with Crippen LogP contribution >= 0.6 is 23.1 Å². The molecule has 1 unspecified atom stereocenters. The molecule has 0 spiro atoms. The lowest BCUT2D eigenvalue weighted by atomic mass is 10.2. The van der Waals surface area contributed by atoms with Crippen LogP contribution < -0.4 is 5.32 Å². The molecule has 0 saturated carbocycles. The van der Waals surface area contributed by atoms with E-state index in [0.29, 0.717) is 5.75 Å². The molecule has 0 fully saturated rings. The van der Waals surface area contributed by atoms with E-state index < -0.39 is 0 Å².